The summed E-state index contributed by atoms with van der Waals surface area (Å²) in [6.07, 6.45) is 0.300. The van der Waals surface area contributed by atoms with E-state index >= 15 is 0 Å². The van der Waals surface area contributed by atoms with Crippen LogP contribution in [0, 0.1) is 12.7 Å². The van der Waals surface area contributed by atoms with Crippen molar-refractivity contribution in [2.24, 2.45) is 5.73 Å². The molecule has 2 aromatic carbocycles. The summed E-state index contributed by atoms with van der Waals surface area (Å²) in [6, 6.07) is 12.8. The van der Waals surface area contributed by atoms with E-state index in [9.17, 15) is 14.0 Å². The Morgan fingerprint density at radius 3 is 2.39 bits per heavy atom. The molecule has 1 fully saturated rings. The third kappa shape index (κ3) is 5.40. The highest BCUT2D eigenvalue weighted by atomic mass is 19.1. The van der Waals surface area contributed by atoms with Gasteiger partial charge in [-0.15, -0.1) is 5.10 Å². The van der Waals surface area contributed by atoms with Crippen LogP contribution < -0.4 is 5.73 Å². The number of amides is 2. The van der Waals surface area contributed by atoms with Crippen molar-refractivity contribution >= 4 is 11.8 Å². The fourth-order valence-corrected chi connectivity index (χ4v) is 4.06. The second kappa shape index (κ2) is 9.86. The van der Waals surface area contributed by atoms with E-state index in [1.807, 2.05) is 17.0 Å². The molecule has 1 saturated heterocycles. The summed E-state index contributed by atoms with van der Waals surface area (Å²) in [4.78, 5) is 28.8. The SMILES string of the molecule is Cc1nnnn1C(Cc1cccc(F)c1)C(=O)N1CCN(Cc2ccc(C(N)=O)cc2)CC1. The minimum absolute atomic E-state index is 0.0832. The Morgan fingerprint density at radius 2 is 1.79 bits per heavy atom. The molecule has 9 nitrogen and oxygen atoms in total. The largest absolute Gasteiger partial charge is 0.366 e. The zero-order valence-electron chi connectivity index (χ0n) is 18.4. The number of tetrazole rings is 1. The standard InChI is InChI=1S/C23H26FN7O2/c1-16-26-27-28-31(16)21(14-18-3-2-4-20(24)13-18)23(33)30-11-9-29(10-12-30)15-17-5-7-19(8-6-17)22(25)32/h2-8,13,21H,9-12,14-15H2,1H3,(H2,25,32). The average Bonchev–Trinajstić information content (AvgIpc) is 3.23. The molecule has 33 heavy (non-hydrogen) atoms. The molecule has 3 aromatic rings. The summed E-state index contributed by atoms with van der Waals surface area (Å²) < 4.78 is 15.2. The third-order valence-corrected chi connectivity index (χ3v) is 5.88. The molecular formula is C23H26FN7O2. The van der Waals surface area contributed by atoms with Crippen molar-refractivity contribution in [1.82, 2.24) is 30.0 Å². The maximum atomic E-state index is 13.7. The number of hydrogen-bond acceptors (Lipinski definition) is 6. The fraction of sp³-hybridized carbons (Fsp3) is 0.348. The van der Waals surface area contributed by atoms with Crippen molar-refractivity contribution in [2.45, 2.75) is 25.9 Å². The summed E-state index contributed by atoms with van der Waals surface area (Å²) in [6.45, 7) is 5.03. The first-order valence-corrected chi connectivity index (χ1v) is 10.8. The van der Waals surface area contributed by atoms with E-state index in [-0.39, 0.29) is 11.7 Å². The summed E-state index contributed by atoms with van der Waals surface area (Å²) in [5.74, 6) is -0.341. The maximum absolute atomic E-state index is 13.7. The first-order valence-electron chi connectivity index (χ1n) is 10.8. The van der Waals surface area contributed by atoms with Gasteiger partial charge in [-0.1, -0.05) is 24.3 Å². The van der Waals surface area contributed by atoms with Crippen LogP contribution in [0.1, 0.15) is 33.4 Å². The second-order valence-electron chi connectivity index (χ2n) is 8.18. The number of nitrogens with zero attached hydrogens (tertiary/aromatic N) is 6. The number of aryl methyl sites for hydroxylation is 1. The van der Waals surface area contributed by atoms with Gasteiger partial charge in [0.15, 0.2) is 0 Å². The van der Waals surface area contributed by atoms with Crippen molar-refractivity contribution in [3.05, 3.63) is 76.9 Å². The molecule has 10 heteroatoms. The summed E-state index contributed by atoms with van der Waals surface area (Å²) >= 11 is 0. The third-order valence-electron chi connectivity index (χ3n) is 5.88. The number of aromatic nitrogens is 4. The van der Waals surface area contributed by atoms with E-state index in [2.05, 4.69) is 20.4 Å². The molecule has 0 spiro atoms. The molecule has 4 rings (SSSR count). The molecule has 0 saturated carbocycles. The van der Waals surface area contributed by atoms with E-state index in [1.165, 1.54) is 16.8 Å². The quantitative estimate of drug-likeness (QED) is 0.581. The van der Waals surface area contributed by atoms with Gasteiger partial charge >= 0.3 is 0 Å². The van der Waals surface area contributed by atoms with Gasteiger partial charge in [0.2, 0.25) is 11.8 Å². The van der Waals surface area contributed by atoms with Crippen molar-refractivity contribution in [1.29, 1.82) is 0 Å². The molecule has 2 N–H and O–H groups in total. The summed E-state index contributed by atoms with van der Waals surface area (Å²) in [7, 11) is 0. The fourth-order valence-electron chi connectivity index (χ4n) is 4.06. The Hall–Kier alpha value is -3.66. The predicted octanol–water partition coefficient (Wildman–Crippen LogP) is 1.35. The van der Waals surface area contributed by atoms with Gasteiger partial charge in [-0.25, -0.2) is 9.07 Å². The molecule has 1 aliphatic heterocycles. The van der Waals surface area contributed by atoms with E-state index in [0.717, 1.165) is 12.1 Å². The van der Waals surface area contributed by atoms with Crippen LogP contribution in [0.3, 0.4) is 0 Å². The Kier molecular flexibility index (Phi) is 6.74. The molecule has 2 amide bonds. The molecule has 2 heterocycles. The predicted molar refractivity (Wildman–Crippen MR) is 119 cm³/mol. The summed E-state index contributed by atoms with van der Waals surface area (Å²) in [5, 5.41) is 11.6. The lowest BCUT2D eigenvalue weighted by Crippen LogP contribution is -2.50. The molecule has 1 atom stereocenters. The van der Waals surface area contributed by atoms with E-state index in [1.54, 1.807) is 31.2 Å². The summed E-state index contributed by atoms with van der Waals surface area (Å²) in [5.41, 5.74) is 7.57. The van der Waals surface area contributed by atoms with Gasteiger partial charge in [0.05, 0.1) is 0 Å². The zero-order valence-corrected chi connectivity index (χ0v) is 18.4. The number of hydrogen-bond donors (Lipinski definition) is 1. The number of nitrogens with two attached hydrogens (primary N) is 1. The molecule has 0 radical (unpaired) electrons. The van der Waals surface area contributed by atoms with Gasteiger partial charge in [0, 0.05) is 44.7 Å². The minimum Gasteiger partial charge on any atom is -0.366 e. The van der Waals surface area contributed by atoms with Crippen molar-refractivity contribution < 1.29 is 14.0 Å². The van der Waals surface area contributed by atoms with Gasteiger partial charge in [-0.05, 0) is 52.7 Å². The topological polar surface area (TPSA) is 110 Å². The Balaban J connectivity index is 1.41. The highest BCUT2D eigenvalue weighted by Crippen LogP contribution is 2.20. The smallest absolute Gasteiger partial charge is 0.248 e. The van der Waals surface area contributed by atoms with E-state index in [0.29, 0.717) is 49.6 Å². The molecule has 0 aliphatic carbocycles. The van der Waals surface area contributed by atoms with Gasteiger partial charge in [0.1, 0.15) is 17.7 Å². The minimum atomic E-state index is -0.644. The monoisotopic (exact) mass is 451 g/mol. The molecule has 1 aromatic heterocycles. The van der Waals surface area contributed by atoms with Crippen LogP contribution in [0.15, 0.2) is 48.5 Å². The Morgan fingerprint density at radius 1 is 1.06 bits per heavy atom. The first kappa shape index (κ1) is 22.5. The van der Waals surface area contributed by atoms with Crippen LogP contribution in [0.4, 0.5) is 4.39 Å². The average molecular weight is 452 g/mol. The van der Waals surface area contributed by atoms with E-state index < -0.39 is 11.9 Å². The van der Waals surface area contributed by atoms with Crippen molar-refractivity contribution in [2.75, 3.05) is 26.2 Å². The lowest BCUT2D eigenvalue weighted by atomic mass is 10.0. The number of piperazine rings is 1. The number of carbonyl (C=O) groups is 2. The maximum Gasteiger partial charge on any atom is 0.248 e. The lowest BCUT2D eigenvalue weighted by Gasteiger charge is -2.36. The van der Waals surface area contributed by atoms with Crippen LogP contribution in [0.25, 0.3) is 0 Å². The Bertz CT molecular complexity index is 1120. The van der Waals surface area contributed by atoms with Crippen LogP contribution in [0.2, 0.25) is 0 Å². The molecule has 0 bridgehead atoms. The number of halogens is 1. The molecule has 1 unspecified atom stereocenters. The van der Waals surface area contributed by atoms with Crippen LogP contribution in [-0.2, 0) is 17.8 Å². The van der Waals surface area contributed by atoms with Gasteiger partial charge < -0.3 is 10.6 Å². The van der Waals surface area contributed by atoms with Gasteiger partial charge in [-0.3, -0.25) is 14.5 Å². The van der Waals surface area contributed by atoms with Crippen LogP contribution in [-0.4, -0.2) is 68.0 Å². The lowest BCUT2D eigenvalue weighted by molar-refractivity contribution is -0.137. The van der Waals surface area contributed by atoms with Crippen molar-refractivity contribution in [3.8, 4) is 0 Å². The van der Waals surface area contributed by atoms with Gasteiger partial charge in [-0.2, -0.15) is 0 Å². The molecular weight excluding hydrogens is 425 g/mol. The normalized spacial score (nSPS) is 15.4. The number of primary amides is 1. The molecule has 1 aliphatic rings. The molecule has 172 valence electrons. The number of benzene rings is 2. The highest BCUT2D eigenvalue weighted by Gasteiger charge is 2.31. The Labute approximate surface area is 191 Å². The number of carbonyl (C=O) groups excluding carboxylic acids is 2. The number of rotatable bonds is 7. The second-order valence-corrected chi connectivity index (χ2v) is 8.18. The highest BCUT2D eigenvalue weighted by molar-refractivity contribution is 5.92. The first-order chi connectivity index (χ1) is 15.9. The van der Waals surface area contributed by atoms with Crippen LogP contribution in [0.5, 0.6) is 0 Å². The van der Waals surface area contributed by atoms with Crippen LogP contribution >= 0.6 is 0 Å². The van der Waals surface area contributed by atoms with Gasteiger partial charge in [0.25, 0.3) is 0 Å². The van der Waals surface area contributed by atoms with E-state index in [4.69, 9.17) is 5.73 Å². The zero-order chi connectivity index (χ0) is 23.4. The van der Waals surface area contributed by atoms with Crippen molar-refractivity contribution in [3.63, 3.8) is 0 Å².